The number of nitriles is 1. The molecule has 6 nitrogen and oxygen atoms in total. The van der Waals surface area contributed by atoms with Crippen LogP contribution in [0.1, 0.15) is 37.7 Å². The van der Waals surface area contributed by atoms with Crippen LogP contribution in [0, 0.1) is 17.2 Å². The van der Waals surface area contributed by atoms with E-state index in [1.54, 1.807) is 0 Å². The van der Waals surface area contributed by atoms with E-state index in [0.717, 1.165) is 12.0 Å². The Labute approximate surface area is 129 Å². The predicted octanol–water partition coefficient (Wildman–Crippen LogP) is 2.05. The smallest absolute Gasteiger partial charge is 0.240 e. The average molecular weight is 297 g/mol. The summed E-state index contributed by atoms with van der Waals surface area (Å²) in [6.07, 6.45) is 2.24. The van der Waals surface area contributed by atoms with E-state index in [0.29, 0.717) is 5.92 Å². The van der Waals surface area contributed by atoms with E-state index in [1.165, 1.54) is 10.9 Å². The first-order chi connectivity index (χ1) is 10.6. The molecule has 0 fully saturated rings. The van der Waals surface area contributed by atoms with Crippen molar-refractivity contribution in [3.05, 3.63) is 48.0 Å². The van der Waals surface area contributed by atoms with Gasteiger partial charge in [0.15, 0.2) is 0 Å². The van der Waals surface area contributed by atoms with Crippen LogP contribution in [0.5, 0.6) is 0 Å². The van der Waals surface area contributed by atoms with Gasteiger partial charge in [0, 0.05) is 0 Å². The second-order valence-electron chi connectivity index (χ2n) is 5.55. The Balaban J connectivity index is 2.07. The summed E-state index contributed by atoms with van der Waals surface area (Å²) in [7, 11) is 0. The molecule has 114 valence electrons. The fourth-order valence-corrected chi connectivity index (χ4v) is 2.29. The van der Waals surface area contributed by atoms with Gasteiger partial charge < -0.3 is 5.32 Å². The van der Waals surface area contributed by atoms with Crippen LogP contribution in [0.15, 0.2) is 36.7 Å². The summed E-state index contributed by atoms with van der Waals surface area (Å²) >= 11 is 0. The van der Waals surface area contributed by atoms with Crippen LogP contribution in [-0.2, 0) is 11.3 Å². The number of nitrogens with zero attached hydrogens (tertiary/aromatic N) is 4. The maximum Gasteiger partial charge on any atom is 0.240 e. The van der Waals surface area contributed by atoms with Gasteiger partial charge in [-0.3, -0.25) is 9.36 Å². The SMILES string of the molecule is CC(C)CC(NC(=O)Cn1cnnc1C#N)c1ccccc1. The Morgan fingerprint density at radius 2 is 2.09 bits per heavy atom. The summed E-state index contributed by atoms with van der Waals surface area (Å²) < 4.78 is 1.44. The third-order valence-corrected chi connectivity index (χ3v) is 3.27. The molecule has 1 N–H and O–H groups in total. The summed E-state index contributed by atoms with van der Waals surface area (Å²) in [5.74, 6) is 0.427. The van der Waals surface area contributed by atoms with Crippen molar-refractivity contribution in [2.45, 2.75) is 32.9 Å². The molecule has 0 aliphatic rings. The van der Waals surface area contributed by atoms with Gasteiger partial charge in [-0.05, 0) is 17.9 Å². The van der Waals surface area contributed by atoms with Crippen molar-refractivity contribution in [3.8, 4) is 6.07 Å². The molecular formula is C16H19N5O. The summed E-state index contributed by atoms with van der Waals surface area (Å²) in [5.41, 5.74) is 1.08. The molecule has 0 saturated carbocycles. The Morgan fingerprint density at radius 1 is 1.36 bits per heavy atom. The Bertz CT molecular complexity index is 657. The topological polar surface area (TPSA) is 83.6 Å². The molecule has 0 spiro atoms. The molecule has 1 aromatic heterocycles. The highest BCUT2D eigenvalue weighted by atomic mass is 16.2. The van der Waals surface area contributed by atoms with Crippen LogP contribution >= 0.6 is 0 Å². The van der Waals surface area contributed by atoms with Gasteiger partial charge in [0.25, 0.3) is 0 Å². The van der Waals surface area contributed by atoms with Gasteiger partial charge in [-0.15, -0.1) is 10.2 Å². The maximum absolute atomic E-state index is 12.2. The maximum atomic E-state index is 12.2. The summed E-state index contributed by atoms with van der Waals surface area (Å²) in [6.45, 7) is 4.28. The highest BCUT2D eigenvalue weighted by Crippen LogP contribution is 2.21. The molecule has 22 heavy (non-hydrogen) atoms. The molecule has 1 heterocycles. The van der Waals surface area contributed by atoms with Gasteiger partial charge in [0.2, 0.25) is 11.7 Å². The number of benzene rings is 1. The summed E-state index contributed by atoms with van der Waals surface area (Å²) in [4.78, 5) is 12.2. The molecule has 1 amide bonds. The van der Waals surface area contributed by atoms with E-state index in [2.05, 4.69) is 29.4 Å². The fraction of sp³-hybridized carbons (Fsp3) is 0.375. The van der Waals surface area contributed by atoms with Gasteiger partial charge >= 0.3 is 0 Å². The number of carbonyl (C=O) groups is 1. The first kappa shape index (κ1) is 15.7. The van der Waals surface area contributed by atoms with Gasteiger partial charge in [-0.2, -0.15) is 5.26 Å². The third kappa shape index (κ3) is 4.16. The van der Waals surface area contributed by atoms with Crippen LogP contribution < -0.4 is 5.32 Å². The Kier molecular flexibility index (Phi) is 5.26. The van der Waals surface area contributed by atoms with Crippen LogP contribution in [0.4, 0.5) is 0 Å². The first-order valence-electron chi connectivity index (χ1n) is 7.22. The average Bonchev–Trinajstić information content (AvgIpc) is 2.94. The second-order valence-corrected chi connectivity index (χ2v) is 5.55. The van der Waals surface area contributed by atoms with Crippen molar-refractivity contribution in [3.63, 3.8) is 0 Å². The number of hydrogen-bond donors (Lipinski definition) is 1. The summed E-state index contributed by atoms with van der Waals surface area (Å²) in [6, 6.07) is 11.7. The van der Waals surface area contributed by atoms with Crippen LogP contribution in [0.3, 0.4) is 0 Å². The Hall–Kier alpha value is -2.68. The lowest BCUT2D eigenvalue weighted by Gasteiger charge is -2.21. The van der Waals surface area contributed by atoms with Crippen molar-refractivity contribution in [1.82, 2.24) is 20.1 Å². The van der Waals surface area contributed by atoms with E-state index >= 15 is 0 Å². The van der Waals surface area contributed by atoms with E-state index in [4.69, 9.17) is 5.26 Å². The third-order valence-electron chi connectivity index (χ3n) is 3.27. The zero-order valence-electron chi connectivity index (χ0n) is 12.7. The number of rotatable bonds is 6. The van der Waals surface area contributed by atoms with Crippen molar-refractivity contribution in [1.29, 1.82) is 5.26 Å². The van der Waals surface area contributed by atoms with E-state index in [1.807, 2.05) is 36.4 Å². The number of amides is 1. The van der Waals surface area contributed by atoms with Crippen molar-refractivity contribution in [2.75, 3.05) is 0 Å². The van der Waals surface area contributed by atoms with Gasteiger partial charge in [-0.25, -0.2) is 0 Å². The molecule has 2 aromatic rings. The van der Waals surface area contributed by atoms with Crippen molar-refractivity contribution in [2.24, 2.45) is 5.92 Å². The lowest BCUT2D eigenvalue weighted by molar-refractivity contribution is -0.122. The quantitative estimate of drug-likeness (QED) is 0.884. The van der Waals surface area contributed by atoms with Crippen LogP contribution in [0.2, 0.25) is 0 Å². The lowest BCUT2D eigenvalue weighted by atomic mass is 9.97. The number of nitrogens with one attached hydrogen (secondary N) is 1. The predicted molar refractivity (Wildman–Crippen MR) is 81.5 cm³/mol. The lowest BCUT2D eigenvalue weighted by Crippen LogP contribution is -2.32. The summed E-state index contributed by atoms with van der Waals surface area (Å²) in [5, 5.41) is 19.2. The zero-order chi connectivity index (χ0) is 15.9. The van der Waals surface area contributed by atoms with Crippen molar-refractivity contribution >= 4 is 5.91 Å². The normalized spacial score (nSPS) is 11.9. The van der Waals surface area contributed by atoms with Crippen LogP contribution in [0.25, 0.3) is 0 Å². The molecule has 0 bridgehead atoms. The Morgan fingerprint density at radius 3 is 2.73 bits per heavy atom. The molecule has 0 aliphatic carbocycles. The largest absolute Gasteiger partial charge is 0.348 e. The monoisotopic (exact) mass is 297 g/mol. The zero-order valence-corrected chi connectivity index (χ0v) is 12.7. The van der Waals surface area contributed by atoms with E-state index < -0.39 is 0 Å². The minimum absolute atomic E-state index is 0.0390. The van der Waals surface area contributed by atoms with Gasteiger partial charge in [0.05, 0.1) is 6.04 Å². The van der Waals surface area contributed by atoms with Crippen LogP contribution in [-0.4, -0.2) is 20.7 Å². The minimum Gasteiger partial charge on any atom is -0.348 e. The van der Waals surface area contributed by atoms with Crippen molar-refractivity contribution < 1.29 is 4.79 Å². The first-order valence-corrected chi connectivity index (χ1v) is 7.22. The molecule has 1 aromatic carbocycles. The highest BCUT2D eigenvalue weighted by molar-refractivity contribution is 5.76. The molecule has 6 heteroatoms. The number of hydrogen-bond acceptors (Lipinski definition) is 4. The second kappa shape index (κ2) is 7.36. The van der Waals surface area contributed by atoms with E-state index in [-0.39, 0.29) is 24.3 Å². The molecule has 1 unspecified atom stereocenters. The highest BCUT2D eigenvalue weighted by Gasteiger charge is 2.17. The molecular weight excluding hydrogens is 278 g/mol. The van der Waals surface area contributed by atoms with Gasteiger partial charge in [0.1, 0.15) is 18.9 Å². The number of carbonyl (C=O) groups excluding carboxylic acids is 1. The fourth-order valence-electron chi connectivity index (χ4n) is 2.29. The molecule has 0 aliphatic heterocycles. The molecule has 0 saturated heterocycles. The number of aromatic nitrogens is 3. The van der Waals surface area contributed by atoms with E-state index in [9.17, 15) is 4.79 Å². The molecule has 1 atom stereocenters. The standard InChI is InChI=1S/C16H19N5O/c1-12(2)8-14(13-6-4-3-5-7-13)19-16(22)10-21-11-18-20-15(21)9-17/h3-7,11-12,14H,8,10H2,1-2H3,(H,19,22). The molecule has 2 rings (SSSR count). The minimum atomic E-state index is -0.161. The molecule has 0 radical (unpaired) electrons. The van der Waals surface area contributed by atoms with Gasteiger partial charge in [-0.1, -0.05) is 44.2 Å².